The zero-order chi connectivity index (χ0) is 22.3. The molecule has 1 aliphatic heterocycles. The maximum atomic E-state index is 12.4. The first-order chi connectivity index (χ1) is 15.7. The van der Waals surface area contributed by atoms with Crippen LogP contribution in [0.1, 0.15) is 18.4 Å². The monoisotopic (exact) mass is 465 g/mol. The molecule has 0 radical (unpaired) electrons. The van der Waals surface area contributed by atoms with Gasteiger partial charge < -0.3 is 14.8 Å². The number of pyridine rings is 1. The molecule has 1 fully saturated rings. The fraction of sp³-hybridized carbons (Fsp3) is 0.292. The Morgan fingerprint density at radius 1 is 1.38 bits per heavy atom. The van der Waals surface area contributed by atoms with Gasteiger partial charge in [0.15, 0.2) is 0 Å². The minimum atomic E-state index is -0.0938. The molecule has 6 nitrogen and oxygen atoms in total. The topological polar surface area (TPSA) is 84.2 Å². The van der Waals surface area contributed by atoms with Gasteiger partial charge in [0.25, 0.3) is 0 Å². The lowest BCUT2D eigenvalue weighted by atomic mass is 10.0. The van der Waals surface area contributed by atoms with E-state index in [4.69, 9.17) is 14.5 Å². The predicted molar refractivity (Wildman–Crippen MR) is 127 cm³/mol. The number of thioether (sulfide) groups is 1. The lowest BCUT2D eigenvalue weighted by molar-refractivity contribution is -0.119. The fourth-order valence-electron chi connectivity index (χ4n) is 3.50. The second kappa shape index (κ2) is 10.6. The molecule has 4 rings (SSSR count). The van der Waals surface area contributed by atoms with E-state index in [1.165, 1.54) is 11.8 Å². The van der Waals surface area contributed by atoms with E-state index in [1.54, 1.807) is 18.4 Å². The van der Waals surface area contributed by atoms with Crippen LogP contribution >= 0.6 is 23.1 Å². The molecular weight excluding hydrogens is 442 g/mol. The number of nitriles is 1. The quantitative estimate of drug-likeness (QED) is 0.484. The van der Waals surface area contributed by atoms with Crippen LogP contribution in [-0.2, 0) is 9.53 Å². The molecule has 1 aliphatic rings. The number of ether oxygens (including phenoxy) is 2. The third-order valence-electron chi connectivity index (χ3n) is 5.16. The maximum Gasteiger partial charge on any atom is 0.230 e. The van der Waals surface area contributed by atoms with Crippen LogP contribution in [0.25, 0.3) is 21.7 Å². The lowest BCUT2D eigenvalue weighted by Crippen LogP contribution is -2.32. The average molecular weight is 466 g/mol. The van der Waals surface area contributed by atoms with E-state index in [1.807, 2.05) is 47.8 Å². The Morgan fingerprint density at radius 3 is 2.88 bits per heavy atom. The molecule has 0 aliphatic carbocycles. The van der Waals surface area contributed by atoms with E-state index in [9.17, 15) is 10.1 Å². The number of benzene rings is 1. The van der Waals surface area contributed by atoms with Gasteiger partial charge in [0.05, 0.1) is 35.1 Å². The Morgan fingerprint density at radius 2 is 2.22 bits per heavy atom. The molecular formula is C24H23N3O3S2. The molecule has 32 heavy (non-hydrogen) atoms. The standard InChI is InChI=1S/C24H23N3O3S2/c1-29-17-8-6-16(7-9-17)19-12-21(22-5-3-11-31-22)27-24(20(19)13-25)32-15-23(28)26-14-18-4-2-10-30-18/h3,5-9,11-12,18H,2,4,10,14-15H2,1H3,(H,26,28)/t18-/m1/s1. The Balaban J connectivity index is 1.60. The van der Waals surface area contributed by atoms with Gasteiger partial charge in [-0.15, -0.1) is 11.3 Å². The van der Waals surface area contributed by atoms with Gasteiger partial charge in [-0.25, -0.2) is 4.98 Å². The predicted octanol–water partition coefficient (Wildman–Crippen LogP) is 4.74. The second-order valence-corrected chi connectivity index (χ2v) is 9.19. The van der Waals surface area contributed by atoms with Crippen molar-refractivity contribution in [3.63, 3.8) is 0 Å². The van der Waals surface area contributed by atoms with Crippen molar-refractivity contribution in [3.05, 3.63) is 53.4 Å². The Kier molecular flexibility index (Phi) is 7.43. The highest BCUT2D eigenvalue weighted by molar-refractivity contribution is 8.00. The summed E-state index contributed by atoms with van der Waals surface area (Å²) in [4.78, 5) is 18.1. The molecule has 8 heteroatoms. The summed E-state index contributed by atoms with van der Waals surface area (Å²) in [5.41, 5.74) is 2.93. The molecule has 0 unspecified atom stereocenters. The molecule has 1 N–H and O–H groups in total. The fourth-order valence-corrected chi connectivity index (χ4v) is 5.02. The summed E-state index contributed by atoms with van der Waals surface area (Å²) in [5.74, 6) is 0.839. The van der Waals surface area contributed by atoms with E-state index in [-0.39, 0.29) is 17.8 Å². The largest absolute Gasteiger partial charge is 0.497 e. The third-order valence-corrected chi connectivity index (χ3v) is 7.03. The van der Waals surface area contributed by atoms with Gasteiger partial charge in [-0.3, -0.25) is 4.79 Å². The number of rotatable bonds is 8. The number of aromatic nitrogens is 1. The van der Waals surface area contributed by atoms with Crippen molar-refractivity contribution in [3.8, 4) is 33.5 Å². The molecule has 3 aromatic rings. The summed E-state index contributed by atoms with van der Waals surface area (Å²) < 4.78 is 10.8. The normalized spacial score (nSPS) is 15.3. The first-order valence-electron chi connectivity index (χ1n) is 10.3. The number of nitrogens with zero attached hydrogens (tertiary/aromatic N) is 2. The molecule has 2 aromatic heterocycles. The van der Waals surface area contributed by atoms with Gasteiger partial charge in [-0.2, -0.15) is 5.26 Å². The molecule has 3 heterocycles. The first kappa shape index (κ1) is 22.3. The Hall–Kier alpha value is -2.86. The summed E-state index contributed by atoms with van der Waals surface area (Å²) in [6.45, 7) is 1.28. The van der Waals surface area contributed by atoms with Crippen LogP contribution in [0.2, 0.25) is 0 Å². The third kappa shape index (κ3) is 5.30. The number of carbonyl (C=O) groups excluding carboxylic acids is 1. The van der Waals surface area contributed by atoms with Crippen LogP contribution < -0.4 is 10.1 Å². The Labute approximate surface area is 195 Å². The SMILES string of the molecule is COc1ccc(-c2cc(-c3cccs3)nc(SCC(=O)NC[C@H]3CCCO3)c2C#N)cc1. The number of hydrogen-bond acceptors (Lipinski definition) is 7. The van der Waals surface area contributed by atoms with E-state index in [0.29, 0.717) is 17.1 Å². The van der Waals surface area contributed by atoms with Gasteiger partial charge in [0, 0.05) is 18.7 Å². The molecule has 0 saturated carbocycles. The number of amides is 1. The van der Waals surface area contributed by atoms with Gasteiger partial charge in [0.2, 0.25) is 5.91 Å². The van der Waals surface area contributed by atoms with E-state index in [0.717, 1.165) is 46.9 Å². The van der Waals surface area contributed by atoms with Gasteiger partial charge in [-0.1, -0.05) is 30.0 Å². The number of thiophene rings is 1. The smallest absolute Gasteiger partial charge is 0.230 e. The van der Waals surface area contributed by atoms with Crippen LogP contribution in [0.5, 0.6) is 5.75 Å². The van der Waals surface area contributed by atoms with Crippen molar-refractivity contribution in [1.82, 2.24) is 10.3 Å². The molecule has 0 spiro atoms. The Bertz CT molecular complexity index is 1100. The summed E-state index contributed by atoms with van der Waals surface area (Å²) >= 11 is 2.87. The van der Waals surface area contributed by atoms with Crippen molar-refractivity contribution >= 4 is 29.0 Å². The van der Waals surface area contributed by atoms with E-state index in [2.05, 4.69) is 11.4 Å². The minimum absolute atomic E-state index is 0.0938. The number of carbonyl (C=O) groups is 1. The summed E-state index contributed by atoms with van der Waals surface area (Å²) in [6.07, 6.45) is 2.11. The van der Waals surface area contributed by atoms with Gasteiger partial charge in [0.1, 0.15) is 16.8 Å². The van der Waals surface area contributed by atoms with Crippen molar-refractivity contribution in [1.29, 1.82) is 5.26 Å². The van der Waals surface area contributed by atoms with Crippen LogP contribution in [0.15, 0.2) is 52.9 Å². The molecule has 164 valence electrons. The minimum Gasteiger partial charge on any atom is -0.497 e. The van der Waals surface area contributed by atoms with Gasteiger partial charge >= 0.3 is 0 Å². The summed E-state index contributed by atoms with van der Waals surface area (Å²) in [7, 11) is 1.62. The van der Waals surface area contributed by atoms with Crippen LogP contribution in [0.3, 0.4) is 0 Å². The molecule has 1 aromatic carbocycles. The highest BCUT2D eigenvalue weighted by Crippen LogP contribution is 2.35. The molecule has 0 bridgehead atoms. The summed E-state index contributed by atoms with van der Waals surface area (Å²) in [6, 6.07) is 15.8. The second-order valence-electron chi connectivity index (χ2n) is 7.28. The lowest BCUT2D eigenvalue weighted by Gasteiger charge is -2.13. The van der Waals surface area contributed by atoms with Crippen LogP contribution in [-0.4, -0.2) is 43.0 Å². The molecule has 1 atom stereocenters. The first-order valence-corrected chi connectivity index (χ1v) is 12.2. The molecule has 1 saturated heterocycles. The number of nitrogens with one attached hydrogen (secondary N) is 1. The number of hydrogen-bond donors (Lipinski definition) is 1. The van der Waals surface area contributed by atoms with Crippen molar-refractivity contribution in [2.24, 2.45) is 0 Å². The molecule has 1 amide bonds. The summed E-state index contributed by atoms with van der Waals surface area (Å²) in [5, 5.41) is 15.4. The van der Waals surface area contributed by atoms with Crippen molar-refractivity contribution < 1.29 is 14.3 Å². The zero-order valence-electron chi connectivity index (χ0n) is 17.7. The average Bonchev–Trinajstić information content (AvgIpc) is 3.55. The van der Waals surface area contributed by atoms with E-state index < -0.39 is 0 Å². The van der Waals surface area contributed by atoms with Crippen LogP contribution in [0, 0.1) is 11.3 Å². The number of methoxy groups -OCH3 is 1. The highest BCUT2D eigenvalue weighted by Gasteiger charge is 2.19. The van der Waals surface area contributed by atoms with Crippen molar-refractivity contribution in [2.45, 2.75) is 24.0 Å². The highest BCUT2D eigenvalue weighted by atomic mass is 32.2. The van der Waals surface area contributed by atoms with Crippen LogP contribution in [0.4, 0.5) is 0 Å². The van der Waals surface area contributed by atoms with Crippen molar-refractivity contribution in [2.75, 3.05) is 26.0 Å². The maximum absolute atomic E-state index is 12.4. The van der Waals surface area contributed by atoms with Gasteiger partial charge in [-0.05, 0) is 48.1 Å². The zero-order valence-corrected chi connectivity index (χ0v) is 19.3. The van der Waals surface area contributed by atoms with E-state index >= 15 is 0 Å².